The normalized spacial score (nSPS) is 10.1. The number of nitrogens with one attached hydrogen (secondary N) is 3. The number of hydrogen-bond donors (Lipinski definition) is 3. The van der Waals surface area contributed by atoms with Gasteiger partial charge in [-0.05, 0) is 28.1 Å². The highest BCUT2D eigenvalue weighted by molar-refractivity contribution is 9.10. The molecule has 1 aromatic carbocycles. The summed E-state index contributed by atoms with van der Waals surface area (Å²) in [4.78, 5) is 27.2. The van der Waals surface area contributed by atoms with Crippen LogP contribution in [0.3, 0.4) is 0 Å². The maximum atomic E-state index is 11.7. The number of benzene rings is 1. The molecule has 0 bridgehead atoms. The van der Waals surface area contributed by atoms with Gasteiger partial charge in [0.1, 0.15) is 5.69 Å². The van der Waals surface area contributed by atoms with Gasteiger partial charge in [0.25, 0.3) is 5.91 Å². The number of imidazole rings is 1. The number of aromatic nitrogens is 2. The Morgan fingerprint density at radius 3 is 2.69 bits per heavy atom. The van der Waals surface area contributed by atoms with Crippen LogP contribution in [0.2, 0.25) is 0 Å². The van der Waals surface area contributed by atoms with Crippen LogP contribution >= 0.6 is 15.9 Å². The van der Waals surface area contributed by atoms with E-state index in [0.29, 0.717) is 5.69 Å². The van der Waals surface area contributed by atoms with Gasteiger partial charge in [-0.1, -0.05) is 12.1 Å². The second-order valence-corrected chi connectivity index (χ2v) is 3.94. The van der Waals surface area contributed by atoms with E-state index in [1.54, 1.807) is 12.1 Å². The van der Waals surface area contributed by atoms with Crippen molar-refractivity contribution in [2.75, 3.05) is 5.32 Å². The number of carbonyl (C=O) groups is 1. The topological polar surface area (TPSA) is 77.8 Å². The lowest BCUT2D eigenvalue weighted by atomic mass is 10.3. The van der Waals surface area contributed by atoms with E-state index in [-0.39, 0.29) is 11.6 Å². The lowest BCUT2D eigenvalue weighted by Crippen LogP contribution is -2.14. The van der Waals surface area contributed by atoms with Crippen molar-refractivity contribution in [3.63, 3.8) is 0 Å². The number of halogens is 1. The molecule has 82 valence electrons. The van der Waals surface area contributed by atoms with E-state index < -0.39 is 5.69 Å². The van der Waals surface area contributed by atoms with Gasteiger partial charge in [0.15, 0.2) is 0 Å². The molecule has 0 unspecified atom stereocenters. The molecular weight excluding hydrogens is 274 g/mol. The Hall–Kier alpha value is -1.82. The molecule has 0 atom stereocenters. The Labute approximate surface area is 99.0 Å². The lowest BCUT2D eigenvalue weighted by Gasteiger charge is -2.04. The van der Waals surface area contributed by atoms with Crippen molar-refractivity contribution in [2.45, 2.75) is 0 Å². The maximum Gasteiger partial charge on any atom is 0.323 e. The molecule has 5 nitrogen and oxygen atoms in total. The van der Waals surface area contributed by atoms with Crippen LogP contribution in [0.4, 0.5) is 5.69 Å². The zero-order valence-corrected chi connectivity index (χ0v) is 9.67. The Morgan fingerprint density at radius 2 is 2.06 bits per heavy atom. The van der Waals surface area contributed by atoms with Crippen LogP contribution in [0, 0.1) is 0 Å². The zero-order valence-electron chi connectivity index (χ0n) is 8.08. The molecule has 0 saturated heterocycles. The van der Waals surface area contributed by atoms with Crippen molar-refractivity contribution < 1.29 is 4.79 Å². The minimum absolute atomic E-state index is 0.195. The maximum absolute atomic E-state index is 11.7. The second kappa shape index (κ2) is 4.36. The fraction of sp³-hybridized carbons (Fsp3) is 0. The van der Waals surface area contributed by atoms with E-state index in [9.17, 15) is 9.59 Å². The van der Waals surface area contributed by atoms with Crippen LogP contribution in [0.25, 0.3) is 0 Å². The van der Waals surface area contributed by atoms with Gasteiger partial charge in [-0.25, -0.2) is 4.79 Å². The van der Waals surface area contributed by atoms with Crippen molar-refractivity contribution in [1.29, 1.82) is 0 Å². The van der Waals surface area contributed by atoms with Gasteiger partial charge < -0.3 is 15.3 Å². The number of rotatable bonds is 2. The third kappa shape index (κ3) is 2.22. The second-order valence-electron chi connectivity index (χ2n) is 3.09. The van der Waals surface area contributed by atoms with Crippen LogP contribution in [-0.4, -0.2) is 15.9 Å². The number of para-hydroxylation sites is 1. The summed E-state index contributed by atoms with van der Waals surface area (Å²) in [6, 6.07) is 7.22. The molecule has 0 saturated carbocycles. The summed E-state index contributed by atoms with van der Waals surface area (Å²) in [6.45, 7) is 0. The molecule has 2 aromatic rings. The first-order valence-electron chi connectivity index (χ1n) is 4.50. The van der Waals surface area contributed by atoms with Crippen molar-refractivity contribution in [2.24, 2.45) is 0 Å². The molecule has 1 heterocycles. The largest absolute Gasteiger partial charge is 0.323 e. The Kier molecular flexibility index (Phi) is 2.91. The molecule has 0 aliphatic rings. The van der Waals surface area contributed by atoms with Crippen LogP contribution in [0.1, 0.15) is 10.5 Å². The van der Waals surface area contributed by atoms with Gasteiger partial charge in [0.05, 0.1) is 5.69 Å². The molecule has 16 heavy (non-hydrogen) atoms. The number of H-pyrrole nitrogens is 2. The third-order valence-electron chi connectivity index (χ3n) is 1.96. The minimum Gasteiger partial charge on any atom is -0.320 e. The SMILES string of the molecule is O=C(Nc1ccccc1Br)c1c[nH]c(=O)[nH]1. The van der Waals surface area contributed by atoms with Gasteiger partial charge in [-0.3, -0.25) is 4.79 Å². The fourth-order valence-corrected chi connectivity index (χ4v) is 1.59. The predicted molar refractivity (Wildman–Crippen MR) is 63.5 cm³/mol. The Bertz CT molecular complexity index is 573. The molecule has 6 heteroatoms. The summed E-state index contributed by atoms with van der Waals surface area (Å²) in [6.07, 6.45) is 1.33. The van der Waals surface area contributed by atoms with E-state index in [1.807, 2.05) is 12.1 Å². The van der Waals surface area contributed by atoms with Crippen LogP contribution in [0.15, 0.2) is 39.7 Å². The molecule has 0 aliphatic heterocycles. The van der Waals surface area contributed by atoms with E-state index in [2.05, 4.69) is 31.2 Å². The van der Waals surface area contributed by atoms with Crippen molar-refractivity contribution in [3.05, 3.63) is 51.1 Å². The number of aromatic amines is 2. The lowest BCUT2D eigenvalue weighted by molar-refractivity contribution is 0.102. The number of anilines is 1. The standard InChI is InChI=1S/C10H8BrN3O2/c11-6-3-1-2-4-7(6)13-9(15)8-5-12-10(16)14-8/h1-5H,(H,13,15)(H2,12,14,16). The molecule has 0 spiro atoms. The molecule has 1 aromatic heterocycles. The summed E-state index contributed by atoms with van der Waals surface area (Å²) in [5.41, 5.74) is 0.438. The summed E-state index contributed by atoms with van der Waals surface area (Å²) >= 11 is 3.31. The highest BCUT2D eigenvalue weighted by Gasteiger charge is 2.09. The summed E-state index contributed by atoms with van der Waals surface area (Å²) in [7, 11) is 0. The molecule has 0 fully saturated rings. The van der Waals surface area contributed by atoms with E-state index in [4.69, 9.17) is 0 Å². The molecule has 1 amide bonds. The van der Waals surface area contributed by atoms with Gasteiger partial charge in [0.2, 0.25) is 0 Å². The number of carbonyl (C=O) groups excluding carboxylic acids is 1. The molecule has 2 rings (SSSR count). The van der Waals surface area contributed by atoms with E-state index >= 15 is 0 Å². The molecular formula is C10H8BrN3O2. The van der Waals surface area contributed by atoms with Crippen LogP contribution < -0.4 is 11.0 Å². The van der Waals surface area contributed by atoms with E-state index in [1.165, 1.54) is 6.20 Å². The van der Waals surface area contributed by atoms with Gasteiger partial charge in [0, 0.05) is 10.7 Å². The van der Waals surface area contributed by atoms with E-state index in [0.717, 1.165) is 4.47 Å². The van der Waals surface area contributed by atoms with Crippen LogP contribution in [0.5, 0.6) is 0 Å². The average Bonchev–Trinajstić information content (AvgIpc) is 2.68. The highest BCUT2D eigenvalue weighted by Crippen LogP contribution is 2.21. The first-order valence-corrected chi connectivity index (χ1v) is 5.29. The molecule has 0 radical (unpaired) electrons. The van der Waals surface area contributed by atoms with Gasteiger partial charge >= 0.3 is 5.69 Å². The van der Waals surface area contributed by atoms with Crippen LogP contribution in [-0.2, 0) is 0 Å². The summed E-state index contributed by atoms with van der Waals surface area (Å²) < 4.78 is 0.779. The number of hydrogen-bond acceptors (Lipinski definition) is 2. The third-order valence-corrected chi connectivity index (χ3v) is 2.65. The predicted octanol–water partition coefficient (Wildman–Crippen LogP) is 1.72. The molecule has 0 aliphatic carbocycles. The monoisotopic (exact) mass is 281 g/mol. The van der Waals surface area contributed by atoms with Gasteiger partial charge in [-0.15, -0.1) is 0 Å². The average molecular weight is 282 g/mol. The molecule has 3 N–H and O–H groups in total. The zero-order chi connectivity index (χ0) is 11.5. The Balaban J connectivity index is 2.20. The minimum atomic E-state index is -0.405. The smallest absolute Gasteiger partial charge is 0.320 e. The Morgan fingerprint density at radius 1 is 1.31 bits per heavy atom. The highest BCUT2D eigenvalue weighted by atomic mass is 79.9. The van der Waals surface area contributed by atoms with Gasteiger partial charge in [-0.2, -0.15) is 0 Å². The van der Waals surface area contributed by atoms with Crippen molar-refractivity contribution >= 4 is 27.5 Å². The number of amides is 1. The van der Waals surface area contributed by atoms with Crippen molar-refractivity contribution in [3.8, 4) is 0 Å². The van der Waals surface area contributed by atoms with Crippen molar-refractivity contribution in [1.82, 2.24) is 9.97 Å². The summed E-state index contributed by atoms with van der Waals surface area (Å²) in [5, 5.41) is 2.66. The fourth-order valence-electron chi connectivity index (χ4n) is 1.21. The first-order chi connectivity index (χ1) is 7.66. The first kappa shape index (κ1) is 10.7. The quantitative estimate of drug-likeness (QED) is 0.784. The summed E-state index contributed by atoms with van der Waals surface area (Å²) in [5.74, 6) is -0.370.